The maximum Gasteiger partial charge on any atom is -0.412 e. The van der Waals surface area contributed by atoms with Crippen molar-refractivity contribution in [3.63, 3.8) is 0 Å². The van der Waals surface area contributed by atoms with Crippen LogP contribution >= 0.6 is 11.8 Å². The summed E-state index contributed by atoms with van der Waals surface area (Å²) in [6.45, 7) is 4.51. The molecule has 6 heteroatoms. The maximum absolute atomic E-state index is 12.2. The van der Waals surface area contributed by atoms with Gasteiger partial charge in [0, 0.05) is 0 Å². The molecule has 0 saturated carbocycles. The van der Waals surface area contributed by atoms with E-state index in [0.717, 1.165) is 17.8 Å². The van der Waals surface area contributed by atoms with E-state index in [2.05, 4.69) is 13.8 Å². The molecule has 0 aromatic heterocycles. The summed E-state index contributed by atoms with van der Waals surface area (Å²) in [6, 6.07) is 0. The molecule has 0 aromatic carbocycles. The normalized spacial score (nSPS) is 10.7. The Morgan fingerprint density at radius 1 is 0.821 bits per heavy atom. The van der Waals surface area contributed by atoms with Gasteiger partial charge in [0.2, 0.25) is 0 Å². The molecule has 167 valence electrons. The Morgan fingerprint density at radius 3 is 1.82 bits per heavy atom. The number of hydrogen-bond acceptors (Lipinski definition) is 4. The van der Waals surface area contributed by atoms with Crippen LogP contribution in [0.3, 0.4) is 0 Å². The number of rotatable bonds is 21. The first kappa shape index (κ1) is 30.4. The van der Waals surface area contributed by atoms with E-state index in [9.17, 15) is 9.59 Å². The smallest absolute Gasteiger partial charge is 0.412 e. The van der Waals surface area contributed by atoms with E-state index in [1.165, 1.54) is 85.9 Å². The molecule has 0 fully saturated rings. The van der Waals surface area contributed by atoms with Crippen LogP contribution in [0, 0.1) is 0 Å². The Bertz CT molecular complexity index is 326. The molecule has 4 nitrogen and oxygen atoms in total. The predicted molar refractivity (Wildman–Crippen MR) is 124 cm³/mol. The van der Waals surface area contributed by atoms with Gasteiger partial charge in [-0.15, -0.1) is 0 Å². The van der Waals surface area contributed by atoms with Gasteiger partial charge in [-0.05, 0) is 0 Å². The minimum atomic E-state index is -2.01. The zero-order valence-electron chi connectivity index (χ0n) is 18.4. The van der Waals surface area contributed by atoms with Crippen molar-refractivity contribution in [2.24, 2.45) is 0 Å². The zero-order chi connectivity index (χ0) is 20.0. The van der Waals surface area contributed by atoms with Gasteiger partial charge < -0.3 is 5.48 Å². The summed E-state index contributed by atoms with van der Waals surface area (Å²) in [4.78, 5) is 22.5. The second kappa shape index (κ2) is 25.3. The van der Waals surface area contributed by atoms with Crippen LogP contribution in [0.5, 0.6) is 0 Å². The summed E-state index contributed by atoms with van der Waals surface area (Å²) in [5.74, 6) is 1.63. The summed E-state index contributed by atoms with van der Waals surface area (Å²) >= 11 is -0.330. The maximum atomic E-state index is 12.2. The Labute approximate surface area is 185 Å². The van der Waals surface area contributed by atoms with Crippen molar-refractivity contribution < 1.29 is 18.1 Å². The second-order valence-electron chi connectivity index (χ2n) is 7.37. The summed E-state index contributed by atoms with van der Waals surface area (Å²) in [5.41, 5.74) is 0. The first-order chi connectivity index (χ1) is 13.2. The standard InChI is InChI=1S/2C8H17.C6H10O3S.H2O.Sn/c2*1-3-5-7-8-6-4-2;7-3-1-4-10-5-2-6(8)9;;/h2*1,3-8H2,2H3;3H,1-2,4-5H2,(H,8,9);1H2;/q;;;;+1/p-1. The summed E-state index contributed by atoms with van der Waals surface area (Å²) in [6.07, 6.45) is 17.8. The van der Waals surface area contributed by atoms with Gasteiger partial charge in [-0.2, -0.15) is 0 Å². The van der Waals surface area contributed by atoms with Crippen LogP contribution in [-0.4, -0.2) is 49.4 Å². The van der Waals surface area contributed by atoms with Crippen molar-refractivity contribution in [2.75, 3.05) is 11.5 Å². The van der Waals surface area contributed by atoms with E-state index in [0.29, 0.717) is 12.8 Å². The Morgan fingerprint density at radius 2 is 1.32 bits per heavy atom. The van der Waals surface area contributed by atoms with E-state index in [4.69, 9.17) is 3.07 Å². The molecule has 0 atom stereocenters. The fraction of sp³-hybridized carbons (Fsp3) is 0.909. The fourth-order valence-electron chi connectivity index (χ4n) is 3.03. The van der Waals surface area contributed by atoms with Crippen LogP contribution in [0.15, 0.2) is 0 Å². The average molecular weight is 524 g/mol. The molecule has 0 saturated heterocycles. The topological polar surface area (TPSA) is 74.9 Å². The van der Waals surface area contributed by atoms with Gasteiger partial charge in [-0.1, -0.05) is 0 Å². The van der Waals surface area contributed by atoms with Crippen LogP contribution in [0.1, 0.15) is 104 Å². The molecule has 1 radical (unpaired) electrons. The van der Waals surface area contributed by atoms with Gasteiger partial charge in [-0.3, -0.25) is 0 Å². The quantitative estimate of drug-likeness (QED) is 0.103. The van der Waals surface area contributed by atoms with Gasteiger partial charge in [0.1, 0.15) is 0 Å². The number of thioether (sulfide) groups is 1. The number of hydrogen-bond donors (Lipinski definition) is 0. The van der Waals surface area contributed by atoms with Gasteiger partial charge in [-0.25, -0.2) is 0 Å². The molecule has 0 aliphatic rings. The number of unbranched alkanes of at least 4 members (excludes halogenated alkanes) is 10. The van der Waals surface area contributed by atoms with Crippen molar-refractivity contribution in [2.45, 2.75) is 113 Å². The molecule has 0 rings (SSSR count). The minimum absolute atomic E-state index is 0. The van der Waals surface area contributed by atoms with Crippen LogP contribution in [0.4, 0.5) is 0 Å². The Balaban J connectivity index is 0. The van der Waals surface area contributed by atoms with Crippen molar-refractivity contribution in [3.05, 3.63) is 0 Å². The monoisotopic (exact) mass is 525 g/mol. The van der Waals surface area contributed by atoms with Gasteiger partial charge in [0.25, 0.3) is 0 Å². The zero-order valence-corrected chi connectivity index (χ0v) is 22.1. The van der Waals surface area contributed by atoms with Crippen molar-refractivity contribution in [3.8, 4) is 0 Å². The van der Waals surface area contributed by atoms with E-state index in [1.54, 1.807) is 11.8 Å². The molecular weight excluding hydrogens is 479 g/mol. The van der Waals surface area contributed by atoms with Crippen LogP contribution in [-0.2, 0) is 12.7 Å². The third-order valence-electron chi connectivity index (χ3n) is 4.71. The molecular formula is C22H45O4SSn. The summed E-state index contributed by atoms with van der Waals surface area (Å²) < 4.78 is 8.42. The average Bonchev–Trinajstić information content (AvgIpc) is 2.66. The molecule has 0 spiro atoms. The van der Waals surface area contributed by atoms with Gasteiger partial charge in [0.05, 0.1) is 0 Å². The second-order valence-corrected chi connectivity index (χ2v) is 15.1. The summed E-state index contributed by atoms with van der Waals surface area (Å²) in [7, 11) is 0. The van der Waals surface area contributed by atoms with Crippen LogP contribution in [0.25, 0.3) is 0 Å². The van der Waals surface area contributed by atoms with Crippen molar-refractivity contribution in [1.29, 1.82) is 0 Å². The third-order valence-corrected chi connectivity index (χ3v) is 12.4. The number of aldehydes is 1. The van der Waals surface area contributed by atoms with E-state index < -0.39 is 20.2 Å². The van der Waals surface area contributed by atoms with E-state index in [-0.39, 0.29) is 11.4 Å². The fourth-order valence-corrected chi connectivity index (χ4v) is 10.00. The minimum Gasteiger partial charge on any atom is -0.412 e. The first-order valence-electron chi connectivity index (χ1n) is 11.3. The Kier molecular flexibility index (Phi) is 27.5. The first-order valence-corrected chi connectivity index (χ1v) is 17.7. The summed E-state index contributed by atoms with van der Waals surface area (Å²) in [5, 5.41) is 0. The van der Waals surface area contributed by atoms with Crippen molar-refractivity contribution >= 4 is 44.2 Å². The molecule has 0 aromatic rings. The van der Waals surface area contributed by atoms with Crippen molar-refractivity contribution in [1.82, 2.24) is 0 Å². The van der Waals surface area contributed by atoms with E-state index >= 15 is 0 Å². The molecule has 0 bridgehead atoms. The molecule has 0 unspecified atom stereocenters. The molecule has 2 N–H and O–H groups in total. The number of carbonyl (C=O) groups excluding carboxylic acids is 2. The molecule has 0 aliphatic carbocycles. The third kappa shape index (κ3) is 22.5. The largest absolute Gasteiger partial charge is 0.412 e. The predicted octanol–water partition coefficient (Wildman–Crippen LogP) is 6.13. The van der Waals surface area contributed by atoms with Crippen LogP contribution < -0.4 is 0 Å². The SMILES string of the molecule is CCCCCCC[CH2][Sn]([CH2]CCCCCCC)[O]C(=O)CCSCCC=O.O. The van der Waals surface area contributed by atoms with E-state index in [1.807, 2.05) is 0 Å². The molecule has 0 amide bonds. The number of carbonyl (C=O) groups is 2. The molecule has 0 aliphatic heterocycles. The molecule has 0 heterocycles. The van der Waals surface area contributed by atoms with Gasteiger partial charge in [0.15, 0.2) is 0 Å². The Hall–Kier alpha value is 0.249. The molecule has 28 heavy (non-hydrogen) atoms. The van der Waals surface area contributed by atoms with Gasteiger partial charge >= 0.3 is 181 Å². The van der Waals surface area contributed by atoms with Crippen LogP contribution in [0.2, 0.25) is 8.87 Å².